The van der Waals surface area contributed by atoms with Gasteiger partial charge in [0.25, 0.3) is 0 Å². The molecule has 2 aliphatic heterocycles. The second kappa shape index (κ2) is 8.14. The van der Waals surface area contributed by atoms with Crippen LogP contribution in [0.5, 0.6) is 17.2 Å². The quantitative estimate of drug-likeness (QED) is 0.736. The summed E-state index contributed by atoms with van der Waals surface area (Å²) in [5, 5.41) is 0.562. The van der Waals surface area contributed by atoms with E-state index in [2.05, 4.69) is 6.92 Å². The number of amidine groups is 1. The van der Waals surface area contributed by atoms with Crippen LogP contribution in [0.25, 0.3) is 0 Å². The van der Waals surface area contributed by atoms with Gasteiger partial charge in [0.2, 0.25) is 12.7 Å². The Balaban J connectivity index is 1.54. The molecule has 0 N–H and O–H groups in total. The summed E-state index contributed by atoms with van der Waals surface area (Å²) in [6.07, 6.45) is 1.51. The van der Waals surface area contributed by atoms with E-state index in [4.69, 9.17) is 19.2 Å². The monoisotopic (exact) mass is 398 g/mol. The highest BCUT2D eigenvalue weighted by molar-refractivity contribution is 8.15. The number of nitrogens with zero attached hydrogens (tertiary/aromatic N) is 2. The summed E-state index contributed by atoms with van der Waals surface area (Å²) in [6, 6.07) is 13.4. The summed E-state index contributed by atoms with van der Waals surface area (Å²) < 4.78 is 16.0. The smallest absolute Gasteiger partial charge is 0.242 e. The van der Waals surface area contributed by atoms with Crippen LogP contribution in [0.4, 0.5) is 5.69 Å². The Morgan fingerprint density at radius 3 is 2.71 bits per heavy atom. The summed E-state index contributed by atoms with van der Waals surface area (Å²) >= 11 is 1.52. The topological polar surface area (TPSA) is 60.4 Å². The van der Waals surface area contributed by atoms with Crippen LogP contribution >= 0.6 is 11.8 Å². The zero-order valence-electron chi connectivity index (χ0n) is 15.9. The molecule has 1 fully saturated rings. The highest BCUT2D eigenvalue weighted by atomic mass is 32.2. The molecule has 6 nitrogen and oxygen atoms in total. The maximum absolute atomic E-state index is 13.0. The Bertz CT molecular complexity index is 898. The Kier molecular flexibility index (Phi) is 5.43. The van der Waals surface area contributed by atoms with Crippen molar-refractivity contribution >= 4 is 28.5 Å². The predicted molar refractivity (Wildman–Crippen MR) is 110 cm³/mol. The van der Waals surface area contributed by atoms with Crippen LogP contribution in [0.15, 0.2) is 47.5 Å². The Morgan fingerprint density at radius 1 is 1.18 bits per heavy atom. The van der Waals surface area contributed by atoms with Gasteiger partial charge < -0.3 is 14.2 Å². The number of rotatable bonds is 6. The van der Waals surface area contributed by atoms with Crippen molar-refractivity contribution in [1.82, 2.24) is 4.90 Å². The molecule has 4 rings (SSSR count). The minimum Gasteiger partial charge on any atom is -0.497 e. The van der Waals surface area contributed by atoms with E-state index in [1.807, 2.05) is 42.5 Å². The van der Waals surface area contributed by atoms with Gasteiger partial charge in [-0.1, -0.05) is 24.8 Å². The van der Waals surface area contributed by atoms with E-state index in [0.717, 1.165) is 40.1 Å². The van der Waals surface area contributed by atoms with Gasteiger partial charge >= 0.3 is 0 Å². The zero-order valence-corrected chi connectivity index (χ0v) is 16.7. The predicted octanol–water partition coefficient (Wildman–Crippen LogP) is 4.01. The van der Waals surface area contributed by atoms with Gasteiger partial charge in [0.05, 0.1) is 18.0 Å². The van der Waals surface area contributed by atoms with E-state index < -0.39 is 0 Å². The Labute approximate surface area is 168 Å². The number of carbonyl (C=O) groups excluding carboxylic acids is 1. The maximum atomic E-state index is 13.0. The van der Waals surface area contributed by atoms with Crippen LogP contribution in [0.3, 0.4) is 0 Å². The third-order valence-electron chi connectivity index (χ3n) is 4.62. The molecule has 7 heteroatoms. The first-order valence-corrected chi connectivity index (χ1v) is 10.1. The highest BCUT2D eigenvalue weighted by Gasteiger charge is 2.37. The lowest BCUT2D eigenvalue weighted by Gasteiger charge is -2.15. The van der Waals surface area contributed by atoms with Crippen molar-refractivity contribution in [3.63, 3.8) is 0 Å². The molecular weight excluding hydrogens is 376 g/mol. The van der Waals surface area contributed by atoms with Gasteiger partial charge in [0.15, 0.2) is 16.7 Å². The lowest BCUT2D eigenvalue weighted by atomic mass is 10.1. The molecule has 0 saturated carbocycles. The van der Waals surface area contributed by atoms with Gasteiger partial charge in [-0.05, 0) is 54.8 Å². The molecular formula is C21H22N2O4S. The second-order valence-electron chi connectivity index (χ2n) is 6.58. The first-order chi connectivity index (χ1) is 13.7. The number of ether oxygens (including phenoxy) is 3. The van der Waals surface area contributed by atoms with Gasteiger partial charge in [-0.15, -0.1) is 0 Å². The Hall–Kier alpha value is -2.67. The maximum Gasteiger partial charge on any atom is 0.242 e. The van der Waals surface area contributed by atoms with Crippen molar-refractivity contribution in [3.8, 4) is 17.2 Å². The van der Waals surface area contributed by atoms with E-state index in [1.165, 1.54) is 11.8 Å². The van der Waals surface area contributed by atoms with Crippen LogP contribution in [0, 0.1) is 0 Å². The van der Waals surface area contributed by atoms with Crippen LogP contribution < -0.4 is 14.2 Å². The molecule has 0 spiro atoms. The van der Waals surface area contributed by atoms with Crippen LogP contribution in [0.1, 0.15) is 18.9 Å². The van der Waals surface area contributed by atoms with Gasteiger partial charge in [-0.25, -0.2) is 4.99 Å². The number of carbonyl (C=O) groups is 1. The highest BCUT2D eigenvalue weighted by Crippen LogP contribution is 2.36. The molecule has 2 aromatic carbocycles. The number of amides is 1. The normalized spacial score (nSPS) is 19.5. The SMILES string of the molecule is CCCN1C(=O)[C@H](Cc2ccc3c(c2)OCO3)SC1=Nc1ccc(OC)cc1. The number of thioether (sulfide) groups is 1. The molecule has 0 radical (unpaired) electrons. The summed E-state index contributed by atoms with van der Waals surface area (Å²) in [4.78, 5) is 19.5. The molecule has 1 amide bonds. The van der Waals surface area contributed by atoms with Crippen molar-refractivity contribution in [2.45, 2.75) is 25.0 Å². The standard InChI is InChI=1S/C21H22N2O4S/c1-3-10-23-20(24)19(12-14-4-9-17-18(11-14)27-13-26-17)28-21(23)22-15-5-7-16(25-2)8-6-15/h4-9,11,19H,3,10,12-13H2,1-2H3/t19-/m0/s1. The van der Waals surface area contributed by atoms with E-state index in [0.29, 0.717) is 13.0 Å². The molecule has 0 aliphatic carbocycles. The van der Waals surface area contributed by atoms with Gasteiger partial charge in [-0.2, -0.15) is 0 Å². The average Bonchev–Trinajstić information content (AvgIpc) is 3.29. The van der Waals surface area contributed by atoms with Crippen molar-refractivity contribution in [2.24, 2.45) is 4.99 Å². The van der Waals surface area contributed by atoms with E-state index >= 15 is 0 Å². The molecule has 1 atom stereocenters. The summed E-state index contributed by atoms with van der Waals surface area (Å²) in [5.41, 5.74) is 1.86. The van der Waals surface area contributed by atoms with Gasteiger partial charge in [0, 0.05) is 6.54 Å². The molecule has 2 aliphatic rings. The molecule has 28 heavy (non-hydrogen) atoms. The number of hydrogen-bond acceptors (Lipinski definition) is 6. The van der Waals surface area contributed by atoms with Crippen LogP contribution in [-0.4, -0.2) is 41.7 Å². The fourth-order valence-corrected chi connectivity index (χ4v) is 4.43. The summed E-state index contributed by atoms with van der Waals surface area (Å²) in [6.45, 7) is 2.98. The molecule has 0 bridgehead atoms. The minimum atomic E-state index is -0.191. The second-order valence-corrected chi connectivity index (χ2v) is 7.75. The largest absolute Gasteiger partial charge is 0.497 e. The summed E-state index contributed by atoms with van der Waals surface area (Å²) in [5.74, 6) is 2.39. The van der Waals surface area contributed by atoms with Crippen LogP contribution in [-0.2, 0) is 11.2 Å². The lowest BCUT2D eigenvalue weighted by Crippen LogP contribution is -2.33. The van der Waals surface area contributed by atoms with E-state index in [-0.39, 0.29) is 18.0 Å². The Morgan fingerprint density at radius 2 is 1.96 bits per heavy atom. The van der Waals surface area contributed by atoms with E-state index in [1.54, 1.807) is 12.0 Å². The van der Waals surface area contributed by atoms with E-state index in [9.17, 15) is 4.79 Å². The average molecular weight is 398 g/mol. The molecule has 0 unspecified atom stereocenters. The lowest BCUT2D eigenvalue weighted by molar-refractivity contribution is -0.126. The third kappa shape index (κ3) is 3.80. The number of methoxy groups -OCH3 is 1. The minimum absolute atomic E-state index is 0.108. The fraction of sp³-hybridized carbons (Fsp3) is 0.333. The first kappa shape index (κ1) is 18.7. The zero-order chi connectivity index (χ0) is 19.5. The molecule has 2 aromatic rings. The van der Waals surface area contributed by atoms with Crippen molar-refractivity contribution in [2.75, 3.05) is 20.4 Å². The molecule has 2 heterocycles. The van der Waals surface area contributed by atoms with Gasteiger partial charge in [-0.3, -0.25) is 9.69 Å². The van der Waals surface area contributed by atoms with Crippen molar-refractivity contribution < 1.29 is 19.0 Å². The fourth-order valence-electron chi connectivity index (χ4n) is 3.20. The van der Waals surface area contributed by atoms with Crippen molar-refractivity contribution in [3.05, 3.63) is 48.0 Å². The molecule has 0 aromatic heterocycles. The summed E-state index contributed by atoms with van der Waals surface area (Å²) in [7, 11) is 1.64. The number of benzene rings is 2. The third-order valence-corrected chi connectivity index (χ3v) is 5.80. The molecule has 1 saturated heterocycles. The van der Waals surface area contributed by atoms with Crippen molar-refractivity contribution in [1.29, 1.82) is 0 Å². The number of hydrogen-bond donors (Lipinski definition) is 0. The number of fused-ring (bicyclic) bond motifs is 1. The first-order valence-electron chi connectivity index (χ1n) is 9.27. The number of aliphatic imine (C=N–C) groups is 1. The molecule has 146 valence electrons. The van der Waals surface area contributed by atoms with Crippen LogP contribution in [0.2, 0.25) is 0 Å². The van der Waals surface area contributed by atoms with Gasteiger partial charge in [0.1, 0.15) is 5.75 Å².